The molecule has 0 bridgehead atoms. The third-order valence-electron chi connectivity index (χ3n) is 4.61. The number of pyridine rings is 1. The molecule has 5 nitrogen and oxygen atoms in total. The molecule has 0 N–H and O–H groups in total. The highest BCUT2D eigenvalue weighted by Crippen LogP contribution is 2.31. The van der Waals surface area contributed by atoms with Crippen molar-refractivity contribution >= 4 is 11.8 Å². The van der Waals surface area contributed by atoms with Gasteiger partial charge in [-0.3, -0.25) is 0 Å². The van der Waals surface area contributed by atoms with Gasteiger partial charge in [0.2, 0.25) is 0 Å². The van der Waals surface area contributed by atoms with Gasteiger partial charge in [0.05, 0.1) is 12.7 Å². The number of hydrogen-bond acceptors (Lipinski definition) is 5. The van der Waals surface area contributed by atoms with E-state index >= 15 is 0 Å². The lowest BCUT2D eigenvalue weighted by molar-refractivity contribution is 0.0514. The second-order valence-corrected chi connectivity index (χ2v) is 5.97. The zero-order valence-electron chi connectivity index (χ0n) is 13.2. The van der Waals surface area contributed by atoms with E-state index < -0.39 is 0 Å². The number of carbonyl (C=O) groups is 1. The average Bonchev–Trinajstić information content (AvgIpc) is 3.10. The molecule has 2 fully saturated rings. The molecule has 120 valence electrons. The minimum absolute atomic E-state index is 0.285. The highest BCUT2D eigenvalue weighted by molar-refractivity contribution is 5.94. The summed E-state index contributed by atoms with van der Waals surface area (Å²) < 4.78 is 11.0. The first-order valence-electron chi connectivity index (χ1n) is 8.28. The van der Waals surface area contributed by atoms with Crippen LogP contribution in [0.3, 0.4) is 0 Å². The number of hydrogen-bond donors (Lipinski definition) is 0. The van der Waals surface area contributed by atoms with Crippen molar-refractivity contribution in [2.75, 3.05) is 31.2 Å². The summed E-state index contributed by atoms with van der Waals surface area (Å²) in [5, 5.41) is 0. The first-order chi connectivity index (χ1) is 10.8. The summed E-state index contributed by atoms with van der Waals surface area (Å²) in [6.07, 6.45) is 6.77. The van der Waals surface area contributed by atoms with E-state index in [0.717, 1.165) is 38.4 Å². The molecule has 1 aromatic rings. The molecular formula is C17H24N2O3. The first-order valence-corrected chi connectivity index (χ1v) is 8.28. The van der Waals surface area contributed by atoms with Gasteiger partial charge in [-0.15, -0.1) is 0 Å². The van der Waals surface area contributed by atoms with Crippen LogP contribution in [0.4, 0.5) is 5.82 Å². The predicted molar refractivity (Wildman–Crippen MR) is 84.1 cm³/mol. The van der Waals surface area contributed by atoms with Gasteiger partial charge in [0.15, 0.2) is 0 Å². The summed E-state index contributed by atoms with van der Waals surface area (Å²) in [7, 11) is 0. The van der Waals surface area contributed by atoms with Crippen LogP contribution in [0.15, 0.2) is 18.3 Å². The van der Waals surface area contributed by atoms with Crippen molar-refractivity contribution in [3.63, 3.8) is 0 Å². The van der Waals surface area contributed by atoms with Crippen LogP contribution in [0.5, 0.6) is 0 Å². The van der Waals surface area contributed by atoms with E-state index in [2.05, 4.69) is 9.88 Å². The molecule has 0 saturated carbocycles. The maximum atomic E-state index is 12.1. The Kier molecular flexibility index (Phi) is 4.93. The lowest BCUT2D eigenvalue weighted by Gasteiger charge is -2.35. The third kappa shape index (κ3) is 3.24. The van der Waals surface area contributed by atoms with E-state index in [4.69, 9.17) is 9.47 Å². The Morgan fingerprint density at radius 2 is 2.23 bits per heavy atom. The van der Waals surface area contributed by atoms with Crippen LogP contribution in [0, 0.1) is 5.92 Å². The maximum Gasteiger partial charge on any atom is 0.341 e. The van der Waals surface area contributed by atoms with Crippen LogP contribution in [-0.4, -0.2) is 43.4 Å². The third-order valence-corrected chi connectivity index (χ3v) is 4.61. The van der Waals surface area contributed by atoms with Crippen molar-refractivity contribution in [1.29, 1.82) is 0 Å². The van der Waals surface area contributed by atoms with Crippen LogP contribution >= 0.6 is 0 Å². The molecule has 22 heavy (non-hydrogen) atoms. The Bertz CT molecular complexity index is 506. The smallest absolute Gasteiger partial charge is 0.341 e. The van der Waals surface area contributed by atoms with Crippen LogP contribution < -0.4 is 4.90 Å². The normalized spacial score (nSPS) is 22.8. The van der Waals surface area contributed by atoms with E-state index in [0.29, 0.717) is 24.2 Å². The minimum Gasteiger partial charge on any atom is -0.462 e. The van der Waals surface area contributed by atoms with Gasteiger partial charge < -0.3 is 14.4 Å². The monoisotopic (exact) mass is 304 g/mol. The van der Waals surface area contributed by atoms with Gasteiger partial charge in [0, 0.05) is 25.9 Å². The summed E-state index contributed by atoms with van der Waals surface area (Å²) >= 11 is 0. The zero-order valence-corrected chi connectivity index (χ0v) is 13.2. The van der Waals surface area contributed by atoms with Crippen LogP contribution in [0.2, 0.25) is 0 Å². The van der Waals surface area contributed by atoms with E-state index in [1.54, 1.807) is 18.3 Å². The summed E-state index contributed by atoms with van der Waals surface area (Å²) in [5.41, 5.74) is 0.569. The Balaban J connectivity index is 1.67. The largest absolute Gasteiger partial charge is 0.462 e. The fourth-order valence-electron chi connectivity index (χ4n) is 3.47. The van der Waals surface area contributed by atoms with E-state index in [1.165, 1.54) is 12.8 Å². The van der Waals surface area contributed by atoms with Gasteiger partial charge in [-0.25, -0.2) is 9.78 Å². The number of anilines is 1. The van der Waals surface area contributed by atoms with Gasteiger partial charge in [0.25, 0.3) is 0 Å². The van der Waals surface area contributed by atoms with E-state index in [9.17, 15) is 4.79 Å². The van der Waals surface area contributed by atoms with Crippen molar-refractivity contribution in [2.45, 2.75) is 38.7 Å². The lowest BCUT2D eigenvalue weighted by atomic mass is 9.89. The molecule has 2 aliphatic heterocycles. The van der Waals surface area contributed by atoms with Gasteiger partial charge in [-0.05, 0) is 50.7 Å². The first kappa shape index (κ1) is 15.3. The Morgan fingerprint density at radius 1 is 1.41 bits per heavy atom. The van der Waals surface area contributed by atoms with Gasteiger partial charge in [0.1, 0.15) is 11.4 Å². The number of carbonyl (C=O) groups excluding carboxylic acids is 1. The quantitative estimate of drug-likeness (QED) is 0.800. The molecule has 0 aliphatic carbocycles. The summed E-state index contributed by atoms with van der Waals surface area (Å²) in [5.74, 6) is 1.12. The molecule has 0 radical (unpaired) electrons. The van der Waals surface area contributed by atoms with Crippen molar-refractivity contribution in [1.82, 2.24) is 4.98 Å². The molecule has 0 amide bonds. The van der Waals surface area contributed by atoms with Crippen molar-refractivity contribution in [3.8, 4) is 0 Å². The number of aromatic nitrogens is 1. The fraction of sp³-hybridized carbons (Fsp3) is 0.647. The van der Waals surface area contributed by atoms with E-state index in [1.807, 2.05) is 6.92 Å². The molecule has 2 saturated heterocycles. The predicted octanol–water partition coefficient (Wildman–Crippen LogP) is 2.65. The Labute approximate surface area is 131 Å². The number of rotatable bonds is 4. The standard InChI is InChI=1S/C17H24N2O3/c1-2-21-17(20)14-5-3-9-18-16(14)19-10-7-13(8-11-19)15-6-4-12-22-15/h3,5,9,13,15H,2,4,6-8,10-12H2,1H3. The molecule has 1 unspecified atom stereocenters. The fourth-order valence-corrected chi connectivity index (χ4v) is 3.47. The average molecular weight is 304 g/mol. The van der Waals surface area contributed by atoms with Crippen molar-refractivity contribution in [3.05, 3.63) is 23.9 Å². The molecule has 3 rings (SSSR count). The number of esters is 1. The molecular weight excluding hydrogens is 280 g/mol. The molecule has 0 aromatic carbocycles. The maximum absolute atomic E-state index is 12.1. The second-order valence-electron chi connectivity index (χ2n) is 5.97. The minimum atomic E-state index is -0.285. The number of piperidine rings is 1. The van der Waals surface area contributed by atoms with Gasteiger partial charge in [-0.2, -0.15) is 0 Å². The Morgan fingerprint density at radius 3 is 2.91 bits per heavy atom. The zero-order chi connectivity index (χ0) is 15.4. The highest BCUT2D eigenvalue weighted by atomic mass is 16.5. The van der Waals surface area contributed by atoms with Crippen LogP contribution in [-0.2, 0) is 9.47 Å². The van der Waals surface area contributed by atoms with E-state index in [-0.39, 0.29) is 5.97 Å². The lowest BCUT2D eigenvalue weighted by Crippen LogP contribution is -2.38. The molecule has 1 aromatic heterocycles. The molecule has 1 atom stereocenters. The van der Waals surface area contributed by atoms with Crippen molar-refractivity contribution < 1.29 is 14.3 Å². The summed E-state index contributed by atoms with van der Waals surface area (Å²) in [6.45, 7) is 4.97. The topological polar surface area (TPSA) is 51.7 Å². The Hall–Kier alpha value is -1.62. The number of nitrogens with zero attached hydrogens (tertiary/aromatic N) is 2. The van der Waals surface area contributed by atoms with Crippen LogP contribution in [0.1, 0.15) is 43.0 Å². The summed E-state index contributed by atoms with van der Waals surface area (Å²) in [4.78, 5) is 18.7. The van der Waals surface area contributed by atoms with Gasteiger partial charge in [-0.1, -0.05) is 0 Å². The molecule has 3 heterocycles. The van der Waals surface area contributed by atoms with Crippen molar-refractivity contribution in [2.24, 2.45) is 5.92 Å². The molecule has 0 spiro atoms. The van der Waals surface area contributed by atoms with Gasteiger partial charge >= 0.3 is 5.97 Å². The molecule has 5 heteroatoms. The van der Waals surface area contributed by atoms with Crippen LogP contribution in [0.25, 0.3) is 0 Å². The summed E-state index contributed by atoms with van der Waals surface area (Å²) in [6, 6.07) is 3.58. The SMILES string of the molecule is CCOC(=O)c1cccnc1N1CCC(C2CCCO2)CC1. The molecule has 2 aliphatic rings. The second kappa shape index (κ2) is 7.09. The number of ether oxygens (including phenoxy) is 2. The highest BCUT2D eigenvalue weighted by Gasteiger charge is 2.31.